The first-order chi connectivity index (χ1) is 12.2. The molecule has 0 saturated carbocycles. The molecule has 1 heterocycles. The SMILES string of the molecule is CCCCCc1nc(-c2ccccc2O)nc(-c2ccccc2O)n1. The maximum absolute atomic E-state index is 10.1. The number of aryl methyl sites for hydroxylation is 1. The fourth-order valence-corrected chi connectivity index (χ4v) is 2.63. The summed E-state index contributed by atoms with van der Waals surface area (Å²) in [5.74, 6) is 1.74. The molecule has 0 aliphatic heterocycles. The lowest BCUT2D eigenvalue weighted by molar-refractivity contribution is 0.476. The van der Waals surface area contributed by atoms with Gasteiger partial charge in [0, 0.05) is 6.42 Å². The normalized spacial score (nSPS) is 10.8. The van der Waals surface area contributed by atoms with Gasteiger partial charge >= 0.3 is 0 Å². The van der Waals surface area contributed by atoms with E-state index in [9.17, 15) is 10.2 Å². The molecule has 3 aromatic rings. The van der Waals surface area contributed by atoms with Crippen molar-refractivity contribution < 1.29 is 10.2 Å². The second-order valence-corrected chi connectivity index (χ2v) is 5.89. The van der Waals surface area contributed by atoms with Crippen LogP contribution in [0.25, 0.3) is 22.8 Å². The summed E-state index contributed by atoms with van der Waals surface area (Å²) in [6, 6.07) is 13.9. The molecule has 2 N–H and O–H groups in total. The van der Waals surface area contributed by atoms with Crippen LogP contribution in [0.3, 0.4) is 0 Å². The molecule has 0 spiro atoms. The van der Waals surface area contributed by atoms with Crippen LogP contribution >= 0.6 is 0 Å². The topological polar surface area (TPSA) is 79.1 Å². The van der Waals surface area contributed by atoms with Gasteiger partial charge in [-0.15, -0.1) is 0 Å². The highest BCUT2D eigenvalue weighted by Crippen LogP contribution is 2.30. The van der Waals surface area contributed by atoms with E-state index in [1.165, 1.54) is 0 Å². The Balaban J connectivity index is 2.09. The number of aromatic hydroxyl groups is 2. The standard InChI is InChI=1S/C20H21N3O2/c1-2-3-4-13-18-21-19(14-9-5-7-11-16(14)24)23-20(22-18)15-10-6-8-12-17(15)25/h5-12,24-25H,2-4,13H2,1H3. The molecule has 128 valence electrons. The number of hydrogen-bond donors (Lipinski definition) is 2. The minimum Gasteiger partial charge on any atom is -0.507 e. The van der Waals surface area contributed by atoms with Gasteiger partial charge < -0.3 is 10.2 Å². The van der Waals surface area contributed by atoms with E-state index < -0.39 is 0 Å². The lowest BCUT2D eigenvalue weighted by Gasteiger charge is -2.09. The third kappa shape index (κ3) is 3.94. The van der Waals surface area contributed by atoms with Crippen molar-refractivity contribution in [3.63, 3.8) is 0 Å². The molecule has 0 saturated heterocycles. The lowest BCUT2D eigenvalue weighted by Crippen LogP contribution is -2.03. The minimum atomic E-state index is 0.122. The van der Waals surface area contributed by atoms with Crippen molar-refractivity contribution in [3.05, 3.63) is 54.4 Å². The minimum absolute atomic E-state index is 0.122. The van der Waals surface area contributed by atoms with Crippen molar-refractivity contribution in [1.29, 1.82) is 0 Å². The van der Waals surface area contributed by atoms with Gasteiger partial charge in [-0.2, -0.15) is 0 Å². The van der Waals surface area contributed by atoms with Crippen LogP contribution in [0.5, 0.6) is 11.5 Å². The zero-order valence-electron chi connectivity index (χ0n) is 14.2. The van der Waals surface area contributed by atoms with Gasteiger partial charge in [-0.3, -0.25) is 0 Å². The largest absolute Gasteiger partial charge is 0.507 e. The van der Waals surface area contributed by atoms with Gasteiger partial charge in [-0.1, -0.05) is 44.0 Å². The Hall–Kier alpha value is -2.95. The summed E-state index contributed by atoms with van der Waals surface area (Å²) >= 11 is 0. The number of unbranched alkanes of at least 4 members (excludes halogenated alkanes) is 2. The van der Waals surface area contributed by atoms with E-state index >= 15 is 0 Å². The molecule has 0 fully saturated rings. The zero-order valence-corrected chi connectivity index (χ0v) is 14.2. The number of hydrogen-bond acceptors (Lipinski definition) is 5. The van der Waals surface area contributed by atoms with Crippen molar-refractivity contribution in [1.82, 2.24) is 15.0 Å². The Kier molecular flexibility index (Phi) is 5.23. The highest BCUT2D eigenvalue weighted by Gasteiger charge is 2.14. The van der Waals surface area contributed by atoms with Crippen LogP contribution in [0, 0.1) is 0 Å². The Morgan fingerprint density at radius 2 is 1.24 bits per heavy atom. The molecular weight excluding hydrogens is 314 g/mol. The van der Waals surface area contributed by atoms with Gasteiger partial charge in [0.05, 0.1) is 11.1 Å². The lowest BCUT2D eigenvalue weighted by atomic mass is 10.1. The summed E-state index contributed by atoms with van der Waals surface area (Å²) in [7, 11) is 0. The van der Waals surface area contributed by atoms with E-state index in [0.29, 0.717) is 28.6 Å². The molecule has 3 rings (SSSR count). The van der Waals surface area contributed by atoms with E-state index in [1.54, 1.807) is 36.4 Å². The summed E-state index contributed by atoms with van der Waals surface area (Å²) in [4.78, 5) is 13.5. The molecule has 0 unspecified atom stereocenters. The predicted molar refractivity (Wildman–Crippen MR) is 97.3 cm³/mol. The van der Waals surface area contributed by atoms with Crippen molar-refractivity contribution in [2.24, 2.45) is 0 Å². The smallest absolute Gasteiger partial charge is 0.167 e. The summed E-state index contributed by atoms with van der Waals surface area (Å²) < 4.78 is 0. The number of aromatic nitrogens is 3. The Bertz CT molecular complexity index is 801. The molecule has 0 atom stereocenters. The van der Waals surface area contributed by atoms with Crippen molar-refractivity contribution in [2.75, 3.05) is 0 Å². The number of phenolic OH excluding ortho intramolecular Hbond substituents is 2. The fourth-order valence-electron chi connectivity index (χ4n) is 2.63. The molecule has 0 bridgehead atoms. The quantitative estimate of drug-likeness (QED) is 0.655. The average Bonchev–Trinajstić information content (AvgIpc) is 2.62. The third-order valence-electron chi connectivity index (χ3n) is 3.98. The first-order valence-corrected chi connectivity index (χ1v) is 8.50. The van der Waals surface area contributed by atoms with Crippen LogP contribution in [0.1, 0.15) is 32.0 Å². The first-order valence-electron chi connectivity index (χ1n) is 8.50. The van der Waals surface area contributed by atoms with Crippen LogP contribution in [0.15, 0.2) is 48.5 Å². The van der Waals surface area contributed by atoms with E-state index in [4.69, 9.17) is 0 Å². The van der Waals surface area contributed by atoms with E-state index in [1.807, 2.05) is 12.1 Å². The first kappa shape index (κ1) is 16.9. The highest BCUT2D eigenvalue weighted by molar-refractivity contribution is 5.68. The molecule has 2 aromatic carbocycles. The molecule has 0 aliphatic carbocycles. The van der Waals surface area contributed by atoms with Crippen molar-refractivity contribution in [2.45, 2.75) is 32.6 Å². The van der Waals surface area contributed by atoms with Gasteiger partial charge in [-0.25, -0.2) is 15.0 Å². The van der Waals surface area contributed by atoms with E-state index in [2.05, 4.69) is 21.9 Å². The van der Waals surface area contributed by atoms with Gasteiger partial charge in [0.25, 0.3) is 0 Å². The third-order valence-corrected chi connectivity index (χ3v) is 3.98. The molecule has 5 heteroatoms. The van der Waals surface area contributed by atoms with Gasteiger partial charge in [0.15, 0.2) is 11.6 Å². The maximum atomic E-state index is 10.1. The second kappa shape index (κ2) is 7.75. The maximum Gasteiger partial charge on any atom is 0.167 e. The number of phenols is 2. The highest BCUT2D eigenvalue weighted by atomic mass is 16.3. The summed E-state index contributed by atoms with van der Waals surface area (Å²) in [6.45, 7) is 2.15. The van der Waals surface area contributed by atoms with Crippen LogP contribution in [0.4, 0.5) is 0 Å². The summed E-state index contributed by atoms with van der Waals surface area (Å²) in [5, 5.41) is 20.3. The Labute approximate surface area is 147 Å². The molecular formula is C20H21N3O2. The van der Waals surface area contributed by atoms with Crippen LogP contribution < -0.4 is 0 Å². The Morgan fingerprint density at radius 1 is 0.720 bits per heavy atom. The van der Waals surface area contributed by atoms with Crippen molar-refractivity contribution >= 4 is 0 Å². The molecule has 25 heavy (non-hydrogen) atoms. The summed E-state index contributed by atoms with van der Waals surface area (Å²) in [6.07, 6.45) is 3.94. The van der Waals surface area contributed by atoms with Crippen molar-refractivity contribution in [3.8, 4) is 34.3 Å². The predicted octanol–water partition coefficient (Wildman–Crippen LogP) is 4.35. The molecule has 5 nitrogen and oxygen atoms in total. The number of benzene rings is 2. The van der Waals surface area contributed by atoms with E-state index in [0.717, 1.165) is 25.7 Å². The van der Waals surface area contributed by atoms with Crippen LogP contribution in [-0.2, 0) is 6.42 Å². The number of rotatable bonds is 6. The molecule has 0 amide bonds. The molecule has 0 aliphatic rings. The van der Waals surface area contributed by atoms with E-state index in [-0.39, 0.29) is 11.5 Å². The van der Waals surface area contributed by atoms with Gasteiger partial charge in [-0.05, 0) is 30.7 Å². The number of nitrogens with zero attached hydrogens (tertiary/aromatic N) is 3. The van der Waals surface area contributed by atoms with Gasteiger partial charge in [0.1, 0.15) is 17.3 Å². The monoisotopic (exact) mass is 335 g/mol. The summed E-state index contributed by atoms with van der Waals surface area (Å²) in [5.41, 5.74) is 1.11. The fraction of sp³-hybridized carbons (Fsp3) is 0.250. The van der Waals surface area contributed by atoms with Crippen LogP contribution in [-0.4, -0.2) is 25.2 Å². The molecule has 0 radical (unpaired) electrons. The number of para-hydroxylation sites is 2. The molecule has 1 aromatic heterocycles. The Morgan fingerprint density at radius 3 is 1.72 bits per heavy atom. The van der Waals surface area contributed by atoms with Crippen LogP contribution in [0.2, 0.25) is 0 Å². The average molecular weight is 335 g/mol. The second-order valence-electron chi connectivity index (χ2n) is 5.89. The zero-order chi connectivity index (χ0) is 17.6. The van der Waals surface area contributed by atoms with Gasteiger partial charge in [0.2, 0.25) is 0 Å².